The number of nitrogens with one attached hydrogen (secondary N) is 1. The van der Waals surface area contributed by atoms with Gasteiger partial charge in [-0.3, -0.25) is 4.79 Å². The van der Waals surface area contributed by atoms with Crippen molar-refractivity contribution < 1.29 is 9.53 Å². The molecule has 0 aliphatic carbocycles. The van der Waals surface area contributed by atoms with Gasteiger partial charge in [0.2, 0.25) is 5.91 Å². The summed E-state index contributed by atoms with van der Waals surface area (Å²) in [6.07, 6.45) is 0.597. The number of nitrogens with zero attached hydrogens (tertiary/aromatic N) is 2. The molecule has 0 aromatic rings. The van der Waals surface area contributed by atoms with E-state index in [0.29, 0.717) is 6.42 Å². The highest BCUT2D eigenvalue weighted by Gasteiger charge is 2.24. The average Bonchev–Trinajstić information content (AvgIpc) is 2.40. The first-order valence-electron chi connectivity index (χ1n) is 6.62. The molecule has 0 bridgehead atoms. The van der Waals surface area contributed by atoms with E-state index in [9.17, 15) is 4.79 Å². The van der Waals surface area contributed by atoms with Gasteiger partial charge in [0.25, 0.3) is 0 Å². The van der Waals surface area contributed by atoms with Crippen LogP contribution in [0.5, 0.6) is 0 Å². The summed E-state index contributed by atoms with van der Waals surface area (Å²) < 4.78 is 5.56. The van der Waals surface area contributed by atoms with Crippen molar-refractivity contribution in [1.82, 2.24) is 15.1 Å². The lowest BCUT2D eigenvalue weighted by atomic mass is 10.2. The summed E-state index contributed by atoms with van der Waals surface area (Å²) in [5.74, 6) is 0.245. The van der Waals surface area contributed by atoms with Crippen LogP contribution < -0.4 is 5.32 Å². The molecule has 2 fully saturated rings. The predicted octanol–water partition coefficient (Wildman–Crippen LogP) is 0.373. The van der Waals surface area contributed by atoms with Crippen LogP contribution in [-0.4, -0.2) is 74.2 Å². The number of morpholine rings is 1. The molecule has 7 heteroatoms. The summed E-state index contributed by atoms with van der Waals surface area (Å²) in [4.78, 5) is 16.4. The molecule has 114 valence electrons. The molecule has 1 amide bonds. The predicted molar refractivity (Wildman–Crippen MR) is 80.4 cm³/mol. The van der Waals surface area contributed by atoms with Crippen molar-refractivity contribution in [3.05, 3.63) is 0 Å². The molecule has 2 aliphatic rings. The van der Waals surface area contributed by atoms with Gasteiger partial charge in [0.05, 0.1) is 19.1 Å². The number of halogens is 2. The third-order valence-electron chi connectivity index (χ3n) is 3.58. The fraction of sp³-hybridized carbons (Fsp3) is 0.917. The second-order valence-electron chi connectivity index (χ2n) is 4.72. The molecule has 0 saturated carbocycles. The number of rotatable bonds is 3. The Hall–Kier alpha value is -0.0700. The van der Waals surface area contributed by atoms with Crippen molar-refractivity contribution in [2.75, 3.05) is 52.4 Å². The minimum Gasteiger partial charge on any atom is -0.375 e. The van der Waals surface area contributed by atoms with E-state index in [0.717, 1.165) is 52.4 Å². The molecule has 1 N–H and O–H groups in total. The van der Waals surface area contributed by atoms with Crippen molar-refractivity contribution in [3.63, 3.8) is 0 Å². The van der Waals surface area contributed by atoms with Gasteiger partial charge in [0, 0.05) is 39.3 Å². The van der Waals surface area contributed by atoms with E-state index < -0.39 is 0 Å². The number of carbonyl (C=O) groups is 1. The molecular formula is C12H25Cl2N3O2. The maximum atomic E-state index is 12.1. The second kappa shape index (κ2) is 9.77. The number of amides is 1. The molecule has 2 saturated heterocycles. The summed E-state index contributed by atoms with van der Waals surface area (Å²) >= 11 is 0. The molecule has 0 aromatic carbocycles. The van der Waals surface area contributed by atoms with Crippen LogP contribution in [0.1, 0.15) is 13.3 Å². The zero-order valence-corrected chi connectivity index (χ0v) is 13.1. The molecule has 0 spiro atoms. The molecule has 0 aromatic heterocycles. The van der Waals surface area contributed by atoms with Crippen LogP contribution >= 0.6 is 24.8 Å². The van der Waals surface area contributed by atoms with E-state index in [4.69, 9.17) is 4.74 Å². The third kappa shape index (κ3) is 5.83. The standard InChI is InChI=1S/C12H23N3O2.2ClH/c1-2-14-4-6-15(7-5-14)12(16)9-11-10-13-3-8-17-11;;/h11,13H,2-10H2,1H3;2*1H. The third-order valence-corrected chi connectivity index (χ3v) is 3.58. The lowest BCUT2D eigenvalue weighted by Crippen LogP contribution is -2.50. The van der Waals surface area contributed by atoms with Crippen molar-refractivity contribution in [2.45, 2.75) is 19.4 Å². The van der Waals surface area contributed by atoms with Crippen LogP contribution in [-0.2, 0) is 9.53 Å². The summed E-state index contributed by atoms with van der Waals surface area (Å²) in [5, 5.41) is 3.26. The number of hydrogen-bond donors (Lipinski definition) is 1. The van der Waals surface area contributed by atoms with Gasteiger partial charge in [-0.25, -0.2) is 0 Å². The normalized spacial score (nSPS) is 24.3. The highest BCUT2D eigenvalue weighted by Crippen LogP contribution is 2.08. The minimum atomic E-state index is 0. The Morgan fingerprint density at radius 2 is 1.95 bits per heavy atom. The first-order chi connectivity index (χ1) is 8.29. The van der Waals surface area contributed by atoms with Gasteiger partial charge in [-0.15, -0.1) is 24.8 Å². The van der Waals surface area contributed by atoms with Crippen molar-refractivity contribution in [2.24, 2.45) is 0 Å². The van der Waals surface area contributed by atoms with Crippen molar-refractivity contribution in [1.29, 1.82) is 0 Å². The van der Waals surface area contributed by atoms with Crippen LogP contribution in [0.2, 0.25) is 0 Å². The largest absolute Gasteiger partial charge is 0.375 e. The molecule has 2 aliphatic heterocycles. The molecule has 1 unspecified atom stereocenters. The van der Waals surface area contributed by atoms with Gasteiger partial charge in [-0.1, -0.05) is 6.92 Å². The Morgan fingerprint density at radius 1 is 1.26 bits per heavy atom. The molecule has 2 heterocycles. The first-order valence-corrected chi connectivity index (χ1v) is 6.62. The van der Waals surface area contributed by atoms with E-state index in [-0.39, 0.29) is 36.8 Å². The first kappa shape index (κ1) is 18.9. The van der Waals surface area contributed by atoms with E-state index in [1.165, 1.54) is 0 Å². The molecule has 19 heavy (non-hydrogen) atoms. The van der Waals surface area contributed by atoms with Crippen LogP contribution in [0.3, 0.4) is 0 Å². The molecule has 2 rings (SSSR count). The molecule has 5 nitrogen and oxygen atoms in total. The topological polar surface area (TPSA) is 44.8 Å². The minimum absolute atomic E-state index is 0. The Morgan fingerprint density at radius 3 is 2.47 bits per heavy atom. The number of piperazine rings is 1. The van der Waals surface area contributed by atoms with E-state index >= 15 is 0 Å². The number of likely N-dealkylation sites (N-methyl/N-ethyl adjacent to an activating group) is 1. The van der Waals surface area contributed by atoms with Gasteiger partial charge < -0.3 is 19.9 Å². The highest BCUT2D eigenvalue weighted by atomic mass is 35.5. The molecular weight excluding hydrogens is 289 g/mol. The summed E-state index contributed by atoms with van der Waals surface area (Å²) in [7, 11) is 0. The Kier molecular flexibility index (Phi) is 9.74. The Labute approximate surface area is 127 Å². The summed E-state index contributed by atoms with van der Waals surface area (Å²) in [6.45, 7) is 9.43. The fourth-order valence-electron chi connectivity index (χ4n) is 2.39. The number of ether oxygens (including phenoxy) is 1. The van der Waals surface area contributed by atoms with Crippen molar-refractivity contribution >= 4 is 30.7 Å². The fourth-order valence-corrected chi connectivity index (χ4v) is 2.39. The van der Waals surface area contributed by atoms with Crippen LogP contribution in [0.25, 0.3) is 0 Å². The maximum absolute atomic E-state index is 12.1. The quantitative estimate of drug-likeness (QED) is 0.818. The van der Waals surface area contributed by atoms with Crippen molar-refractivity contribution in [3.8, 4) is 0 Å². The smallest absolute Gasteiger partial charge is 0.225 e. The van der Waals surface area contributed by atoms with Gasteiger partial charge in [0.15, 0.2) is 0 Å². The lowest BCUT2D eigenvalue weighted by molar-refractivity contribution is -0.136. The van der Waals surface area contributed by atoms with Gasteiger partial charge in [-0.2, -0.15) is 0 Å². The van der Waals surface area contributed by atoms with Gasteiger partial charge in [-0.05, 0) is 6.54 Å². The van der Waals surface area contributed by atoms with E-state index in [1.807, 2.05) is 4.90 Å². The average molecular weight is 314 g/mol. The monoisotopic (exact) mass is 313 g/mol. The summed E-state index contributed by atoms with van der Waals surface area (Å²) in [6, 6.07) is 0. The Balaban J connectivity index is 0.00000162. The van der Waals surface area contributed by atoms with E-state index in [1.54, 1.807) is 0 Å². The Bertz CT molecular complexity index is 255. The number of hydrogen-bond acceptors (Lipinski definition) is 4. The summed E-state index contributed by atoms with van der Waals surface area (Å²) in [5.41, 5.74) is 0. The van der Waals surface area contributed by atoms with E-state index in [2.05, 4.69) is 17.1 Å². The van der Waals surface area contributed by atoms with Crippen LogP contribution in [0.15, 0.2) is 0 Å². The number of carbonyl (C=O) groups excluding carboxylic acids is 1. The highest BCUT2D eigenvalue weighted by molar-refractivity contribution is 5.85. The van der Waals surface area contributed by atoms with Crippen LogP contribution in [0.4, 0.5) is 0 Å². The maximum Gasteiger partial charge on any atom is 0.225 e. The zero-order chi connectivity index (χ0) is 12.1. The lowest BCUT2D eigenvalue weighted by Gasteiger charge is -2.35. The van der Waals surface area contributed by atoms with Gasteiger partial charge in [0.1, 0.15) is 0 Å². The molecule has 1 atom stereocenters. The second-order valence-corrected chi connectivity index (χ2v) is 4.72. The SMILES string of the molecule is CCN1CCN(C(=O)CC2CNCCO2)CC1.Cl.Cl. The zero-order valence-electron chi connectivity index (χ0n) is 11.5. The van der Waals surface area contributed by atoms with Crippen LogP contribution in [0, 0.1) is 0 Å². The van der Waals surface area contributed by atoms with Gasteiger partial charge >= 0.3 is 0 Å². The molecule has 0 radical (unpaired) electrons.